The van der Waals surface area contributed by atoms with Crippen LogP contribution in [-0.4, -0.2) is 46.0 Å². The van der Waals surface area contributed by atoms with Gasteiger partial charge in [0.1, 0.15) is 11.6 Å². The number of alkyl carbamates (subject to hydrolysis) is 1. The van der Waals surface area contributed by atoms with Crippen LogP contribution >= 0.6 is 0 Å². The minimum Gasteiger partial charge on any atom is -0.444 e. The van der Waals surface area contributed by atoms with E-state index in [0.717, 1.165) is 5.06 Å². The number of carbonyl (C=O) groups excluding carboxylic acids is 2. The predicted molar refractivity (Wildman–Crippen MR) is 101 cm³/mol. The molecule has 12 heteroatoms. The molecule has 0 fully saturated rings. The number of hydrogen-bond acceptors (Lipinski definition) is 7. The SMILES string of the molecule is CON(Cc1ccc(-c2noc(C(F)(F)F)n2)cc1)C(=O)C(C)NC(=O)OC(C)(C)C. The molecule has 9 nitrogen and oxygen atoms in total. The molecule has 0 aliphatic rings. The molecule has 0 radical (unpaired) electrons. The van der Waals surface area contributed by atoms with Crippen molar-refractivity contribution >= 4 is 12.0 Å². The molecule has 1 atom stereocenters. The van der Waals surface area contributed by atoms with Crippen molar-refractivity contribution < 1.29 is 36.9 Å². The summed E-state index contributed by atoms with van der Waals surface area (Å²) in [5.74, 6) is -2.17. The Kier molecular flexibility index (Phi) is 7.26. The molecule has 0 spiro atoms. The molecule has 0 saturated carbocycles. The molecule has 0 bridgehead atoms. The number of hydrogen-bond donors (Lipinski definition) is 1. The Morgan fingerprint density at radius 1 is 1.19 bits per heavy atom. The van der Waals surface area contributed by atoms with Crippen LogP contribution in [0.2, 0.25) is 0 Å². The summed E-state index contributed by atoms with van der Waals surface area (Å²) in [7, 11) is 1.30. The van der Waals surface area contributed by atoms with Gasteiger partial charge in [-0.2, -0.15) is 18.2 Å². The Bertz CT molecular complexity index is 907. The highest BCUT2D eigenvalue weighted by molar-refractivity contribution is 5.84. The third-order valence-electron chi connectivity index (χ3n) is 3.78. The topological polar surface area (TPSA) is 107 Å². The molecule has 31 heavy (non-hydrogen) atoms. The standard InChI is InChI=1S/C19H23F3N4O5/c1-11(23-17(28)30-18(2,3)4)15(27)26(29-5)10-12-6-8-13(9-7-12)14-24-16(31-25-14)19(20,21)22/h6-9,11H,10H2,1-5H3,(H,23,28). The second kappa shape index (κ2) is 9.33. The van der Waals surface area contributed by atoms with Crippen molar-refractivity contribution in [3.63, 3.8) is 0 Å². The lowest BCUT2D eigenvalue weighted by molar-refractivity contribution is -0.181. The zero-order valence-electron chi connectivity index (χ0n) is 17.6. The fourth-order valence-electron chi connectivity index (χ4n) is 2.38. The van der Waals surface area contributed by atoms with Crippen LogP contribution in [0.5, 0.6) is 0 Å². The van der Waals surface area contributed by atoms with Gasteiger partial charge in [0.25, 0.3) is 5.91 Å². The number of hydroxylamine groups is 2. The van der Waals surface area contributed by atoms with E-state index in [1.165, 1.54) is 26.2 Å². The van der Waals surface area contributed by atoms with E-state index >= 15 is 0 Å². The summed E-state index contributed by atoms with van der Waals surface area (Å²) < 4.78 is 47.1. The number of ether oxygens (including phenoxy) is 1. The molecule has 2 aromatic rings. The summed E-state index contributed by atoms with van der Waals surface area (Å²) in [5.41, 5.74) is 0.205. The van der Waals surface area contributed by atoms with Crippen molar-refractivity contribution in [1.82, 2.24) is 20.5 Å². The first-order valence-corrected chi connectivity index (χ1v) is 9.15. The Balaban J connectivity index is 2.02. The van der Waals surface area contributed by atoms with E-state index in [4.69, 9.17) is 9.57 Å². The van der Waals surface area contributed by atoms with Crippen LogP contribution in [-0.2, 0) is 27.1 Å². The molecule has 0 aliphatic heterocycles. The van der Waals surface area contributed by atoms with Gasteiger partial charge >= 0.3 is 18.2 Å². The minimum atomic E-state index is -4.73. The zero-order chi connectivity index (χ0) is 23.4. The van der Waals surface area contributed by atoms with Gasteiger partial charge in [-0.05, 0) is 33.3 Å². The summed E-state index contributed by atoms with van der Waals surface area (Å²) in [4.78, 5) is 32.8. The smallest absolute Gasteiger partial charge is 0.444 e. The first-order valence-electron chi connectivity index (χ1n) is 9.15. The molecule has 1 aromatic carbocycles. The van der Waals surface area contributed by atoms with Gasteiger partial charge in [-0.3, -0.25) is 9.63 Å². The van der Waals surface area contributed by atoms with Crippen LogP contribution in [0, 0.1) is 0 Å². The first kappa shape index (κ1) is 24.1. The summed E-state index contributed by atoms with van der Waals surface area (Å²) in [6, 6.07) is 5.20. The summed E-state index contributed by atoms with van der Waals surface area (Å²) in [6.45, 7) is 6.60. The molecule has 170 valence electrons. The number of halogens is 3. The van der Waals surface area contributed by atoms with Gasteiger partial charge in [0.2, 0.25) is 5.82 Å². The van der Waals surface area contributed by atoms with Gasteiger partial charge in [-0.15, -0.1) is 0 Å². The van der Waals surface area contributed by atoms with Crippen LogP contribution in [0.25, 0.3) is 11.4 Å². The van der Waals surface area contributed by atoms with Crippen LogP contribution in [0.1, 0.15) is 39.1 Å². The third-order valence-corrected chi connectivity index (χ3v) is 3.78. The molecular weight excluding hydrogens is 421 g/mol. The molecule has 1 aromatic heterocycles. The normalized spacial score (nSPS) is 12.9. The monoisotopic (exact) mass is 444 g/mol. The molecule has 0 saturated heterocycles. The van der Waals surface area contributed by atoms with E-state index in [1.807, 2.05) is 0 Å². The average Bonchev–Trinajstić information content (AvgIpc) is 3.15. The maximum absolute atomic E-state index is 12.6. The second-order valence-electron chi connectivity index (χ2n) is 7.54. The molecule has 1 heterocycles. The van der Waals surface area contributed by atoms with Gasteiger partial charge in [0.15, 0.2) is 0 Å². The van der Waals surface area contributed by atoms with Crippen molar-refractivity contribution in [3.05, 3.63) is 35.7 Å². The number of nitrogens with zero attached hydrogens (tertiary/aromatic N) is 3. The van der Waals surface area contributed by atoms with Gasteiger partial charge in [-0.1, -0.05) is 29.4 Å². The van der Waals surface area contributed by atoms with Crippen molar-refractivity contribution in [2.45, 2.75) is 52.1 Å². The van der Waals surface area contributed by atoms with E-state index in [0.29, 0.717) is 11.1 Å². The number of amides is 2. The molecule has 2 rings (SSSR count). The fourth-order valence-corrected chi connectivity index (χ4v) is 2.38. The van der Waals surface area contributed by atoms with Crippen molar-refractivity contribution in [3.8, 4) is 11.4 Å². The number of benzene rings is 1. The van der Waals surface area contributed by atoms with E-state index in [-0.39, 0.29) is 12.4 Å². The maximum atomic E-state index is 12.6. The molecule has 1 unspecified atom stereocenters. The molecule has 0 aliphatic carbocycles. The van der Waals surface area contributed by atoms with E-state index in [9.17, 15) is 22.8 Å². The van der Waals surface area contributed by atoms with Crippen LogP contribution < -0.4 is 5.32 Å². The largest absolute Gasteiger partial charge is 0.471 e. The van der Waals surface area contributed by atoms with Crippen molar-refractivity contribution in [2.24, 2.45) is 0 Å². The second-order valence-corrected chi connectivity index (χ2v) is 7.54. The third kappa shape index (κ3) is 6.95. The molecule has 1 N–H and O–H groups in total. The summed E-state index contributed by atoms with van der Waals surface area (Å²) >= 11 is 0. The minimum absolute atomic E-state index is 0.0238. The van der Waals surface area contributed by atoms with Gasteiger partial charge in [-0.25, -0.2) is 9.86 Å². The Morgan fingerprint density at radius 2 is 1.81 bits per heavy atom. The Hall–Kier alpha value is -3.15. The highest BCUT2D eigenvalue weighted by atomic mass is 19.4. The van der Waals surface area contributed by atoms with E-state index in [1.54, 1.807) is 32.9 Å². The fraction of sp³-hybridized carbons (Fsp3) is 0.474. The van der Waals surface area contributed by atoms with Gasteiger partial charge in [0.05, 0.1) is 13.7 Å². The Labute approximate surface area is 176 Å². The number of nitrogens with one attached hydrogen (secondary N) is 1. The van der Waals surface area contributed by atoms with Crippen molar-refractivity contribution in [2.75, 3.05) is 7.11 Å². The van der Waals surface area contributed by atoms with E-state index < -0.39 is 35.7 Å². The zero-order valence-corrected chi connectivity index (χ0v) is 17.6. The number of carbonyl (C=O) groups is 2. The number of alkyl halides is 3. The van der Waals surface area contributed by atoms with E-state index in [2.05, 4.69) is 20.0 Å². The quantitative estimate of drug-likeness (QED) is 0.679. The van der Waals surface area contributed by atoms with Crippen LogP contribution in [0.3, 0.4) is 0 Å². The molecule has 2 amide bonds. The lowest BCUT2D eigenvalue weighted by Gasteiger charge is -2.25. The highest BCUT2D eigenvalue weighted by Gasteiger charge is 2.38. The van der Waals surface area contributed by atoms with Crippen LogP contribution in [0.4, 0.5) is 18.0 Å². The average molecular weight is 444 g/mol. The summed E-state index contributed by atoms with van der Waals surface area (Å²) in [6.07, 6.45) is -5.47. The maximum Gasteiger partial charge on any atom is 0.471 e. The van der Waals surface area contributed by atoms with Crippen LogP contribution in [0.15, 0.2) is 28.8 Å². The number of rotatable bonds is 6. The predicted octanol–water partition coefficient (Wildman–Crippen LogP) is 3.56. The van der Waals surface area contributed by atoms with Gasteiger partial charge in [0, 0.05) is 5.56 Å². The summed E-state index contributed by atoms with van der Waals surface area (Å²) in [5, 5.41) is 6.78. The van der Waals surface area contributed by atoms with Crippen molar-refractivity contribution in [1.29, 1.82) is 0 Å². The lowest BCUT2D eigenvalue weighted by Crippen LogP contribution is -2.47. The number of aromatic nitrogens is 2. The first-order chi connectivity index (χ1) is 14.3. The highest BCUT2D eigenvalue weighted by Crippen LogP contribution is 2.29. The lowest BCUT2D eigenvalue weighted by atomic mass is 10.1. The van der Waals surface area contributed by atoms with Gasteiger partial charge < -0.3 is 14.6 Å². The Morgan fingerprint density at radius 3 is 2.29 bits per heavy atom. The molecular formula is C19H23F3N4O5.